The highest BCUT2D eigenvalue weighted by atomic mass is 15.5. The molecule has 0 atom stereocenters. The van der Waals surface area contributed by atoms with Crippen LogP contribution in [0.4, 0.5) is 0 Å². The summed E-state index contributed by atoms with van der Waals surface area (Å²) in [4.78, 5) is 0. The van der Waals surface area contributed by atoms with Crippen molar-refractivity contribution >= 4 is 0 Å². The number of hydrogen-bond acceptors (Lipinski definition) is 3. The first-order valence-electron chi connectivity index (χ1n) is 4.62. The van der Waals surface area contributed by atoms with Crippen LogP contribution in [0.25, 0.3) is 11.4 Å². The van der Waals surface area contributed by atoms with Gasteiger partial charge in [-0.05, 0) is 16.7 Å². The SMILES string of the molecule is CC(C)c1ccccc1-c1nn[nH]n1. The fraction of sp³-hybridized carbons (Fsp3) is 0.300. The molecule has 4 nitrogen and oxygen atoms in total. The van der Waals surface area contributed by atoms with Gasteiger partial charge in [-0.2, -0.15) is 5.21 Å². The van der Waals surface area contributed by atoms with Crippen LogP contribution in [0.5, 0.6) is 0 Å². The molecule has 0 spiro atoms. The molecule has 0 aliphatic rings. The van der Waals surface area contributed by atoms with Crippen molar-refractivity contribution in [2.24, 2.45) is 0 Å². The molecule has 4 heteroatoms. The van der Waals surface area contributed by atoms with Crippen LogP contribution in [0.2, 0.25) is 0 Å². The van der Waals surface area contributed by atoms with Crippen LogP contribution in [0.3, 0.4) is 0 Å². The lowest BCUT2D eigenvalue weighted by molar-refractivity contribution is 0.866. The van der Waals surface area contributed by atoms with E-state index in [2.05, 4.69) is 40.5 Å². The van der Waals surface area contributed by atoms with Gasteiger partial charge in [0.25, 0.3) is 0 Å². The second kappa shape index (κ2) is 3.57. The van der Waals surface area contributed by atoms with Crippen molar-refractivity contribution in [3.63, 3.8) is 0 Å². The third-order valence-corrected chi connectivity index (χ3v) is 2.17. The molecule has 0 radical (unpaired) electrons. The maximum absolute atomic E-state index is 3.98. The highest BCUT2D eigenvalue weighted by Gasteiger charge is 2.10. The summed E-state index contributed by atoms with van der Waals surface area (Å²) < 4.78 is 0. The highest BCUT2D eigenvalue weighted by Crippen LogP contribution is 2.25. The largest absolute Gasteiger partial charge is 0.204 e. The molecule has 0 fully saturated rings. The van der Waals surface area contributed by atoms with E-state index in [0.717, 1.165) is 5.56 Å². The molecule has 0 amide bonds. The van der Waals surface area contributed by atoms with Gasteiger partial charge >= 0.3 is 0 Å². The van der Waals surface area contributed by atoms with Crippen LogP contribution < -0.4 is 0 Å². The van der Waals surface area contributed by atoms with Crippen molar-refractivity contribution in [3.8, 4) is 11.4 Å². The van der Waals surface area contributed by atoms with Crippen LogP contribution in [-0.2, 0) is 0 Å². The fourth-order valence-corrected chi connectivity index (χ4v) is 1.48. The van der Waals surface area contributed by atoms with Crippen molar-refractivity contribution in [2.75, 3.05) is 0 Å². The van der Waals surface area contributed by atoms with Gasteiger partial charge in [0.15, 0.2) is 0 Å². The number of H-pyrrole nitrogens is 1. The van der Waals surface area contributed by atoms with E-state index in [4.69, 9.17) is 0 Å². The number of aromatic amines is 1. The second-order valence-electron chi connectivity index (χ2n) is 3.48. The molecule has 0 saturated heterocycles. The van der Waals surface area contributed by atoms with Crippen molar-refractivity contribution in [1.82, 2.24) is 20.6 Å². The molecule has 0 aliphatic carbocycles. The van der Waals surface area contributed by atoms with Crippen molar-refractivity contribution in [2.45, 2.75) is 19.8 Å². The Morgan fingerprint density at radius 1 is 1.21 bits per heavy atom. The van der Waals surface area contributed by atoms with Gasteiger partial charge in [-0.1, -0.05) is 38.1 Å². The number of nitrogens with zero attached hydrogens (tertiary/aromatic N) is 3. The Labute approximate surface area is 82.4 Å². The summed E-state index contributed by atoms with van der Waals surface area (Å²) >= 11 is 0. The third-order valence-electron chi connectivity index (χ3n) is 2.17. The number of tetrazole rings is 1. The zero-order valence-corrected chi connectivity index (χ0v) is 8.23. The highest BCUT2D eigenvalue weighted by molar-refractivity contribution is 5.60. The lowest BCUT2D eigenvalue weighted by Gasteiger charge is -2.08. The Bertz CT molecular complexity index is 406. The van der Waals surface area contributed by atoms with Gasteiger partial charge in [-0.15, -0.1) is 10.2 Å². The molecule has 2 aromatic rings. The zero-order valence-electron chi connectivity index (χ0n) is 8.23. The van der Waals surface area contributed by atoms with Crippen molar-refractivity contribution in [3.05, 3.63) is 29.8 Å². The zero-order chi connectivity index (χ0) is 9.97. The van der Waals surface area contributed by atoms with Crippen LogP contribution >= 0.6 is 0 Å². The lowest BCUT2D eigenvalue weighted by Crippen LogP contribution is -1.93. The molecule has 1 heterocycles. The van der Waals surface area contributed by atoms with Gasteiger partial charge in [0, 0.05) is 5.56 Å². The van der Waals surface area contributed by atoms with Crippen LogP contribution in [-0.4, -0.2) is 20.6 Å². The number of aromatic nitrogens is 4. The summed E-state index contributed by atoms with van der Waals surface area (Å²) in [5, 5.41) is 14.0. The molecular formula is C10H12N4. The molecular weight excluding hydrogens is 176 g/mol. The van der Waals surface area contributed by atoms with Crippen LogP contribution in [0.1, 0.15) is 25.3 Å². The lowest BCUT2D eigenvalue weighted by atomic mass is 9.97. The topological polar surface area (TPSA) is 54.5 Å². The average Bonchev–Trinajstić information content (AvgIpc) is 2.70. The molecule has 14 heavy (non-hydrogen) atoms. The number of nitrogens with one attached hydrogen (secondary N) is 1. The van der Waals surface area contributed by atoms with E-state index in [-0.39, 0.29) is 0 Å². The Morgan fingerprint density at radius 2 is 2.00 bits per heavy atom. The first-order chi connectivity index (χ1) is 6.79. The van der Waals surface area contributed by atoms with Crippen LogP contribution in [0.15, 0.2) is 24.3 Å². The van der Waals surface area contributed by atoms with E-state index in [9.17, 15) is 0 Å². The quantitative estimate of drug-likeness (QED) is 0.784. The minimum absolute atomic E-state index is 0.463. The van der Waals surface area contributed by atoms with Gasteiger partial charge in [-0.3, -0.25) is 0 Å². The van der Waals surface area contributed by atoms with Crippen LogP contribution in [0, 0.1) is 0 Å². The normalized spacial score (nSPS) is 10.8. The molecule has 0 saturated carbocycles. The molecule has 0 bridgehead atoms. The maximum atomic E-state index is 3.98. The average molecular weight is 188 g/mol. The van der Waals surface area contributed by atoms with E-state index in [1.807, 2.05) is 18.2 Å². The summed E-state index contributed by atoms with van der Waals surface area (Å²) in [6.45, 7) is 4.30. The molecule has 0 aliphatic heterocycles. The monoisotopic (exact) mass is 188 g/mol. The van der Waals surface area contributed by atoms with E-state index in [1.165, 1.54) is 5.56 Å². The summed E-state index contributed by atoms with van der Waals surface area (Å²) in [6, 6.07) is 8.12. The molecule has 0 unspecified atom stereocenters. The Morgan fingerprint density at radius 3 is 2.64 bits per heavy atom. The van der Waals surface area contributed by atoms with E-state index in [1.54, 1.807) is 0 Å². The predicted molar refractivity (Wildman–Crippen MR) is 53.7 cm³/mol. The summed E-state index contributed by atoms with van der Waals surface area (Å²) in [5.74, 6) is 1.12. The number of benzene rings is 1. The van der Waals surface area contributed by atoms with Gasteiger partial charge < -0.3 is 0 Å². The van der Waals surface area contributed by atoms with Crippen molar-refractivity contribution < 1.29 is 0 Å². The Hall–Kier alpha value is -1.71. The summed E-state index contributed by atoms with van der Waals surface area (Å²) in [7, 11) is 0. The van der Waals surface area contributed by atoms with E-state index < -0.39 is 0 Å². The molecule has 1 aromatic carbocycles. The molecule has 1 N–H and O–H groups in total. The Balaban J connectivity index is 2.53. The summed E-state index contributed by atoms with van der Waals surface area (Å²) in [5.41, 5.74) is 2.30. The molecule has 2 rings (SSSR count). The first kappa shape index (κ1) is 8.87. The predicted octanol–water partition coefficient (Wildman–Crippen LogP) is 1.99. The first-order valence-corrected chi connectivity index (χ1v) is 4.62. The molecule has 72 valence electrons. The minimum atomic E-state index is 0.463. The third kappa shape index (κ3) is 1.51. The van der Waals surface area contributed by atoms with Gasteiger partial charge in [0.05, 0.1) is 0 Å². The second-order valence-corrected chi connectivity index (χ2v) is 3.48. The maximum Gasteiger partial charge on any atom is 0.204 e. The fourth-order valence-electron chi connectivity index (χ4n) is 1.48. The van der Waals surface area contributed by atoms with Gasteiger partial charge in [-0.25, -0.2) is 0 Å². The van der Waals surface area contributed by atoms with E-state index in [0.29, 0.717) is 11.7 Å². The van der Waals surface area contributed by atoms with Gasteiger partial charge in [0.1, 0.15) is 0 Å². The van der Waals surface area contributed by atoms with Crippen molar-refractivity contribution in [1.29, 1.82) is 0 Å². The smallest absolute Gasteiger partial charge is 0.177 e. The standard InChI is InChI=1S/C10H12N4/c1-7(2)8-5-3-4-6-9(8)10-11-13-14-12-10/h3-7H,1-2H3,(H,11,12,13,14). The summed E-state index contributed by atoms with van der Waals surface area (Å²) in [6.07, 6.45) is 0. The number of hydrogen-bond donors (Lipinski definition) is 1. The van der Waals surface area contributed by atoms with Gasteiger partial charge in [0.2, 0.25) is 5.82 Å². The number of rotatable bonds is 2. The molecule has 1 aromatic heterocycles. The minimum Gasteiger partial charge on any atom is -0.177 e. The van der Waals surface area contributed by atoms with E-state index >= 15 is 0 Å². The Kier molecular flexibility index (Phi) is 2.26.